The highest BCUT2D eigenvalue weighted by atomic mass is 16.5. The molecule has 1 aromatic carbocycles. The molecular formula is C17H26N2O3. The van der Waals surface area contributed by atoms with E-state index in [2.05, 4.69) is 5.32 Å². The number of rotatable bonds is 6. The Kier molecular flexibility index (Phi) is 5.42. The van der Waals surface area contributed by atoms with E-state index in [1.54, 1.807) is 6.07 Å². The van der Waals surface area contributed by atoms with Gasteiger partial charge in [-0.25, -0.2) is 0 Å². The number of hydrogen-bond acceptors (Lipinski definition) is 4. The molecule has 1 aliphatic rings. The summed E-state index contributed by atoms with van der Waals surface area (Å²) in [6.45, 7) is 4.06. The lowest BCUT2D eigenvalue weighted by atomic mass is 9.98. The summed E-state index contributed by atoms with van der Waals surface area (Å²) in [6, 6.07) is 7.30. The zero-order valence-electron chi connectivity index (χ0n) is 13.3. The van der Waals surface area contributed by atoms with E-state index in [9.17, 15) is 9.90 Å². The van der Waals surface area contributed by atoms with Crippen LogP contribution in [0.2, 0.25) is 0 Å². The number of amides is 1. The van der Waals surface area contributed by atoms with Crippen molar-refractivity contribution in [3.05, 3.63) is 29.8 Å². The molecule has 0 spiro atoms. The molecule has 4 N–H and O–H groups in total. The molecule has 2 rings (SSSR count). The Balaban J connectivity index is 1.91. The fourth-order valence-electron chi connectivity index (χ4n) is 2.78. The topological polar surface area (TPSA) is 84.6 Å². The molecule has 122 valence electrons. The first-order valence-electron chi connectivity index (χ1n) is 7.92. The molecule has 1 saturated carbocycles. The van der Waals surface area contributed by atoms with E-state index in [1.807, 2.05) is 32.0 Å². The second-order valence-corrected chi connectivity index (χ2v) is 6.33. The summed E-state index contributed by atoms with van der Waals surface area (Å²) in [5, 5.41) is 13.0. The standard InChI is InChI=1S/C17H26N2O3/c1-12(2)22-14-7-5-6-13(10-14)15(20)11-19-16(21)17(18)8-3-4-9-17/h5-7,10,12,15,20H,3-4,8-9,11,18H2,1-2H3,(H,19,21). The van der Waals surface area contributed by atoms with Crippen LogP contribution in [0.1, 0.15) is 51.2 Å². The van der Waals surface area contributed by atoms with Crippen LogP contribution in [0.5, 0.6) is 5.75 Å². The van der Waals surface area contributed by atoms with Gasteiger partial charge in [0, 0.05) is 6.54 Å². The van der Waals surface area contributed by atoms with Crippen LogP contribution in [0.15, 0.2) is 24.3 Å². The van der Waals surface area contributed by atoms with Gasteiger partial charge < -0.3 is 20.9 Å². The van der Waals surface area contributed by atoms with E-state index >= 15 is 0 Å². The molecular weight excluding hydrogens is 280 g/mol. The molecule has 0 bridgehead atoms. The number of carbonyl (C=O) groups excluding carboxylic acids is 1. The van der Waals surface area contributed by atoms with Crippen LogP contribution >= 0.6 is 0 Å². The number of nitrogens with one attached hydrogen (secondary N) is 1. The maximum Gasteiger partial charge on any atom is 0.240 e. The number of carbonyl (C=O) groups is 1. The van der Waals surface area contributed by atoms with Crippen molar-refractivity contribution in [2.45, 2.75) is 57.3 Å². The van der Waals surface area contributed by atoms with E-state index < -0.39 is 11.6 Å². The molecule has 1 aromatic rings. The van der Waals surface area contributed by atoms with Crippen LogP contribution in [0.25, 0.3) is 0 Å². The number of aliphatic hydroxyl groups is 1. The number of hydrogen-bond donors (Lipinski definition) is 3. The molecule has 1 amide bonds. The molecule has 22 heavy (non-hydrogen) atoms. The maximum absolute atomic E-state index is 12.1. The third-order valence-electron chi connectivity index (χ3n) is 4.02. The van der Waals surface area contributed by atoms with Gasteiger partial charge in [0.25, 0.3) is 0 Å². The van der Waals surface area contributed by atoms with Crippen molar-refractivity contribution in [3.8, 4) is 5.75 Å². The smallest absolute Gasteiger partial charge is 0.240 e. The Bertz CT molecular complexity index is 510. The van der Waals surface area contributed by atoms with Crippen LogP contribution in [0.4, 0.5) is 0 Å². The van der Waals surface area contributed by atoms with Gasteiger partial charge in [-0.1, -0.05) is 25.0 Å². The van der Waals surface area contributed by atoms with Crippen LogP contribution < -0.4 is 15.8 Å². The molecule has 0 aliphatic heterocycles. The predicted octanol–water partition coefficient (Wildman–Crippen LogP) is 1.89. The molecule has 0 radical (unpaired) electrons. The summed E-state index contributed by atoms with van der Waals surface area (Å²) in [7, 11) is 0. The minimum absolute atomic E-state index is 0.0755. The highest BCUT2D eigenvalue weighted by Crippen LogP contribution is 2.27. The lowest BCUT2D eigenvalue weighted by molar-refractivity contribution is -0.126. The Morgan fingerprint density at radius 2 is 2.09 bits per heavy atom. The summed E-state index contributed by atoms with van der Waals surface area (Å²) >= 11 is 0. The van der Waals surface area contributed by atoms with Crippen molar-refractivity contribution in [3.63, 3.8) is 0 Å². The monoisotopic (exact) mass is 306 g/mol. The van der Waals surface area contributed by atoms with Gasteiger partial charge >= 0.3 is 0 Å². The van der Waals surface area contributed by atoms with Gasteiger partial charge in [-0.3, -0.25) is 4.79 Å². The summed E-state index contributed by atoms with van der Waals surface area (Å²) in [4.78, 5) is 12.1. The first-order chi connectivity index (χ1) is 10.4. The first-order valence-corrected chi connectivity index (χ1v) is 7.92. The first kappa shape index (κ1) is 16.8. The molecule has 1 unspecified atom stereocenters. The predicted molar refractivity (Wildman–Crippen MR) is 85.6 cm³/mol. The third kappa shape index (κ3) is 4.21. The number of benzene rings is 1. The van der Waals surface area contributed by atoms with E-state index in [0.29, 0.717) is 18.6 Å². The third-order valence-corrected chi connectivity index (χ3v) is 4.02. The minimum atomic E-state index is -0.773. The van der Waals surface area contributed by atoms with Crippen molar-refractivity contribution in [2.75, 3.05) is 6.54 Å². The zero-order valence-corrected chi connectivity index (χ0v) is 13.3. The Hall–Kier alpha value is -1.59. The average Bonchev–Trinajstić information content (AvgIpc) is 2.92. The van der Waals surface area contributed by atoms with E-state index in [4.69, 9.17) is 10.5 Å². The minimum Gasteiger partial charge on any atom is -0.491 e. The molecule has 0 aromatic heterocycles. The Morgan fingerprint density at radius 1 is 1.41 bits per heavy atom. The van der Waals surface area contributed by atoms with Crippen LogP contribution in [-0.2, 0) is 4.79 Å². The van der Waals surface area contributed by atoms with E-state index in [0.717, 1.165) is 18.4 Å². The zero-order chi connectivity index (χ0) is 16.2. The van der Waals surface area contributed by atoms with Crippen molar-refractivity contribution in [2.24, 2.45) is 5.73 Å². The Labute approximate surface area is 131 Å². The average molecular weight is 306 g/mol. The van der Waals surface area contributed by atoms with Gasteiger partial charge in [-0.05, 0) is 44.4 Å². The quantitative estimate of drug-likeness (QED) is 0.749. The van der Waals surface area contributed by atoms with Crippen LogP contribution in [-0.4, -0.2) is 29.2 Å². The second kappa shape index (κ2) is 7.11. The van der Waals surface area contributed by atoms with E-state index in [1.165, 1.54) is 0 Å². The lowest BCUT2D eigenvalue weighted by Crippen LogP contribution is -2.52. The van der Waals surface area contributed by atoms with Gasteiger partial charge in [0.05, 0.1) is 17.7 Å². The van der Waals surface area contributed by atoms with Crippen molar-refractivity contribution in [1.82, 2.24) is 5.32 Å². The molecule has 1 fully saturated rings. The fourth-order valence-corrected chi connectivity index (χ4v) is 2.78. The number of aliphatic hydroxyl groups excluding tert-OH is 1. The lowest BCUT2D eigenvalue weighted by Gasteiger charge is -2.23. The molecule has 5 heteroatoms. The van der Waals surface area contributed by atoms with E-state index in [-0.39, 0.29) is 18.6 Å². The molecule has 0 saturated heterocycles. The fraction of sp³-hybridized carbons (Fsp3) is 0.588. The van der Waals surface area contributed by atoms with Gasteiger partial charge in [-0.2, -0.15) is 0 Å². The molecule has 1 aliphatic carbocycles. The van der Waals surface area contributed by atoms with Gasteiger partial charge in [0.15, 0.2) is 0 Å². The highest BCUT2D eigenvalue weighted by molar-refractivity contribution is 5.86. The maximum atomic E-state index is 12.1. The number of ether oxygens (including phenoxy) is 1. The van der Waals surface area contributed by atoms with Crippen molar-refractivity contribution in [1.29, 1.82) is 0 Å². The molecule has 5 nitrogen and oxygen atoms in total. The van der Waals surface area contributed by atoms with Gasteiger partial charge in [-0.15, -0.1) is 0 Å². The SMILES string of the molecule is CC(C)Oc1cccc(C(O)CNC(=O)C2(N)CCCC2)c1. The summed E-state index contributed by atoms with van der Waals surface area (Å²) < 4.78 is 5.61. The summed E-state index contributed by atoms with van der Waals surface area (Å²) in [6.07, 6.45) is 2.71. The normalized spacial score (nSPS) is 18.2. The molecule has 0 heterocycles. The Morgan fingerprint density at radius 3 is 2.73 bits per heavy atom. The van der Waals surface area contributed by atoms with Crippen molar-refractivity contribution >= 4 is 5.91 Å². The second-order valence-electron chi connectivity index (χ2n) is 6.33. The number of nitrogens with two attached hydrogens (primary N) is 1. The summed E-state index contributed by atoms with van der Waals surface area (Å²) in [5.41, 5.74) is 6.05. The van der Waals surface area contributed by atoms with Crippen LogP contribution in [0, 0.1) is 0 Å². The van der Waals surface area contributed by atoms with Gasteiger partial charge in [0.2, 0.25) is 5.91 Å². The largest absolute Gasteiger partial charge is 0.491 e. The van der Waals surface area contributed by atoms with Gasteiger partial charge in [0.1, 0.15) is 5.75 Å². The van der Waals surface area contributed by atoms with Crippen LogP contribution in [0.3, 0.4) is 0 Å². The molecule has 1 atom stereocenters. The highest BCUT2D eigenvalue weighted by Gasteiger charge is 2.36. The summed E-state index contributed by atoms with van der Waals surface area (Å²) in [5.74, 6) is 0.544. The van der Waals surface area contributed by atoms with Crippen molar-refractivity contribution < 1.29 is 14.6 Å².